The van der Waals surface area contributed by atoms with Crippen molar-refractivity contribution >= 4 is 39.8 Å². The second kappa shape index (κ2) is 8.63. The molecule has 8 heteroatoms. The Bertz CT molecular complexity index is 1280. The van der Waals surface area contributed by atoms with Gasteiger partial charge in [0.2, 0.25) is 0 Å². The third-order valence-electron chi connectivity index (χ3n) is 4.77. The third kappa shape index (κ3) is 4.85. The molecule has 0 aliphatic carbocycles. The van der Waals surface area contributed by atoms with E-state index in [0.717, 1.165) is 39.4 Å². The number of rotatable bonds is 7. The average Bonchev–Trinajstić information content (AvgIpc) is 3.21. The summed E-state index contributed by atoms with van der Waals surface area (Å²) in [5.74, 6) is 0.478. The average molecular weight is 439 g/mol. The number of para-hydroxylation sites is 4. The van der Waals surface area contributed by atoms with Gasteiger partial charge >= 0.3 is 11.7 Å². The highest BCUT2D eigenvalue weighted by molar-refractivity contribution is 7.99. The van der Waals surface area contributed by atoms with Crippen LogP contribution < -0.4 is 5.69 Å². The van der Waals surface area contributed by atoms with Gasteiger partial charge in [0, 0.05) is 12.3 Å². The molecule has 162 valence electrons. The molecular formula is C23H26N4O3S. The van der Waals surface area contributed by atoms with Crippen LogP contribution in [0.15, 0.2) is 58.5 Å². The van der Waals surface area contributed by atoms with Crippen LogP contribution >= 0.6 is 11.8 Å². The molecule has 7 nitrogen and oxygen atoms in total. The van der Waals surface area contributed by atoms with Crippen LogP contribution in [-0.4, -0.2) is 36.4 Å². The first kappa shape index (κ1) is 21.2. The first-order valence-corrected chi connectivity index (χ1v) is 11.3. The lowest BCUT2D eigenvalue weighted by atomic mass is 10.2. The number of imidazole rings is 2. The summed E-state index contributed by atoms with van der Waals surface area (Å²) in [6.07, 6.45) is 0.794. The molecular weight excluding hydrogens is 412 g/mol. The Balaban J connectivity index is 1.47. The summed E-state index contributed by atoms with van der Waals surface area (Å²) in [6.45, 7) is 6.31. The summed E-state index contributed by atoms with van der Waals surface area (Å²) in [5, 5.41) is 0.776. The number of nitrogens with one attached hydrogen (secondary N) is 1. The topological polar surface area (TPSA) is 81.9 Å². The number of thioether (sulfide) groups is 1. The number of carbonyl (C=O) groups excluding carboxylic acids is 1. The molecule has 0 saturated heterocycles. The molecule has 31 heavy (non-hydrogen) atoms. The maximum atomic E-state index is 12.4. The molecule has 0 fully saturated rings. The zero-order chi connectivity index (χ0) is 22.0. The lowest BCUT2D eigenvalue weighted by Crippen LogP contribution is -2.26. The highest BCUT2D eigenvalue weighted by Crippen LogP contribution is 2.25. The van der Waals surface area contributed by atoms with E-state index < -0.39 is 5.60 Å². The number of carbonyl (C=O) groups is 1. The highest BCUT2D eigenvalue weighted by Gasteiger charge is 2.19. The smallest absolute Gasteiger partial charge is 0.326 e. The number of aromatic nitrogens is 4. The van der Waals surface area contributed by atoms with E-state index in [1.165, 1.54) is 0 Å². The number of H-pyrrole nitrogens is 1. The molecule has 4 rings (SSSR count). The highest BCUT2D eigenvalue weighted by atomic mass is 32.2. The summed E-state index contributed by atoms with van der Waals surface area (Å²) in [7, 11) is 0. The Morgan fingerprint density at radius 3 is 2.55 bits per heavy atom. The molecule has 2 aromatic carbocycles. The fourth-order valence-corrected chi connectivity index (χ4v) is 4.47. The van der Waals surface area contributed by atoms with Gasteiger partial charge < -0.3 is 14.3 Å². The summed E-state index contributed by atoms with van der Waals surface area (Å²) in [6, 6.07) is 15.5. The van der Waals surface area contributed by atoms with Gasteiger partial charge in [0.25, 0.3) is 0 Å². The molecule has 0 unspecified atom stereocenters. The Morgan fingerprint density at radius 2 is 1.77 bits per heavy atom. The summed E-state index contributed by atoms with van der Waals surface area (Å²) in [4.78, 5) is 32.3. The predicted molar refractivity (Wildman–Crippen MR) is 123 cm³/mol. The van der Waals surface area contributed by atoms with Crippen molar-refractivity contribution in [2.75, 3.05) is 5.75 Å². The van der Waals surface area contributed by atoms with Crippen LogP contribution in [0.3, 0.4) is 0 Å². The minimum atomic E-state index is -0.534. The van der Waals surface area contributed by atoms with Crippen molar-refractivity contribution in [3.63, 3.8) is 0 Å². The van der Waals surface area contributed by atoms with Gasteiger partial charge in [-0.1, -0.05) is 36.0 Å². The SMILES string of the molecule is CC(C)(C)OC(=O)Cn1c(SCCCn2c(=O)[nH]c3ccccc32)nc2ccccc21. The maximum Gasteiger partial charge on any atom is 0.326 e. The van der Waals surface area contributed by atoms with Crippen molar-refractivity contribution in [2.24, 2.45) is 0 Å². The number of fused-ring (bicyclic) bond motifs is 2. The third-order valence-corrected chi connectivity index (χ3v) is 5.83. The maximum absolute atomic E-state index is 12.4. The zero-order valence-corrected chi connectivity index (χ0v) is 18.7. The molecule has 0 aliphatic rings. The molecule has 4 aromatic rings. The van der Waals surface area contributed by atoms with Gasteiger partial charge in [-0.2, -0.15) is 0 Å². The van der Waals surface area contributed by atoms with E-state index in [1.54, 1.807) is 16.3 Å². The van der Waals surface area contributed by atoms with Gasteiger partial charge in [0.15, 0.2) is 5.16 Å². The lowest BCUT2D eigenvalue weighted by Gasteiger charge is -2.20. The van der Waals surface area contributed by atoms with Crippen LogP contribution in [0.5, 0.6) is 0 Å². The van der Waals surface area contributed by atoms with Crippen molar-refractivity contribution in [1.82, 2.24) is 19.1 Å². The second-order valence-corrected chi connectivity index (χ2v) is 9.42. The first-order valence-electron chi connectivity index (χ1n) is 10.3. The van der Waals surface area contributed by atoms with Gasteiger partial charge in [-0.15, -0.1) is 0 Å². The first-order chi connectivity index (χ1) is 14.8. The minimum absolute atomic E-state index is 0.0941. The zero-order valence-electron chi connectivity index (χ0n) is 17.9. The van der Waals surface area contributed by atoms with E-state index in [9.17, 15) is 9.59 Å². The van der Waals surface area contributed by atoms with E-state index in [4.69, 9.17) is 9.72 Å². The predicted octanol–water partition coefficient (Wildman–Crippen LogP) is 4.20. The van der Waals surface area contributed by atoms with Crippen molar-refractivity contribution in [3.05, 3.63) is 59.0 Å². The number of aromatic amines is 1. The van der Waals surface area contributed by atoms with Crippen LogP contribution in [0.1, 0.15) is 27.2 Å². The van der Waals surface area contributed by atoms with E-state index in [1.807, 2.05) is 73.9 Å². The summed E-state index contributed by atoms with van der Waals surface area (Å²) >= 11 is 1.58. The van der Waals surface area contributed by atoms with E-state index in [0.29, 0.717) is 6.54 Å². The van der Waals surface area contributed by atoms with Crippen molar-refractivity contribution in [1.29, 1.82) is 0 Å². The lowest BCUT2D eigenvalue weighted by molar-refractivity contribution is -0.155. The standard InChI is InChI=1S/C23H26N4O3S/c1-23(2,3)30-20(28)15-27-19-12-7-5-10-17(19)25-22(27)31-14-8-13-26-18-11-6-4-9-16(18)24-21(26)29/h4-7,9-12H,8,13-15H2,1-3H3,(H,24,29). The molecule has 2 aromatic heterocycles. The molecule has 0 atom stereocenters. The molecule has 0 aliphatic heterocycles. The van der Waals surface area contributed by atoms with Crippen LogP contribution in [0.4, 0.5) is 0 Å². The van der Waals surface area contributed by atoms with Crippen LogP contribution in [0.2, 0.25) is 0 Å². The Kier molecular flexibility index (Phi) is 5.91. The number of hydrogen-bond acceptors (Lipinski definition) is 5. The molecule has 0 bridgehead atoms. The molecule has 0 amide bonds. The number of esters is 1. The molecule has 0 radical (unpaired) electrons. The van der Waals surface area contributed by atoms with E-state index in [2.05, 4.69) is 4.98 Å². The Hall–Kier alpha value is -3.00. The molecule has 0 spiro atoms. The monoisotopic (exact) mass is 438 g/mol. The normalized spacial score (nSPS) is 12.0. The number of nitrogens with zero attached hydrogens (tertiary/aromatic N) is 3. The summed E-state index contributed by atoms with van der Waals surface area (Å²) < 4.78 is 9.18. The molecule has 2 heterocycles. The van der Waals surface area contributed by atoms with Crippen molar-refractivity contribution in [3.8, 4) is 0 Å². The Morgan fingerprint density at radius 1 is 1.06 bits per heavy atom. The fraction of sp³-hybridized carbons (Fsp3) is 0.348. The van der Waals surface area contributed by atoms with Gasteiger partial charge in [0.05, 0.1) is 22.1 Å². The van der Waals surface area contributed by atoms with E-state index >= 15 is 0 Å². The van der Waals surface area contributed by atoms with Gasteiger partial charge in [-0.3, -0.25) is 9.36 Å². The molecule has 0 saturated carbocycles. The number of hydrogen-bond donors (Lipinski definition) is 1. The minimum Gasteiger partial charge on any atom is -0.459 e. The largest absolute Gasteiger partial charge is 0.459 e. The van der Waals surface area contributed by atoms with E-state index in [-0.39, 0.29) is 18.2 Å². The fourth-order valence-electron chi connectivity index (χ4n) is 3.53. The number of ether oxygens (including phenoxy) is 1. The van der Waals surface area contributed by atoms with Gasteiger partial charge in [-0.25, -0.2) is 9.78 Å². The summed E-state index contributed by atoms with van der Waals surface area (Å²) in [5.41, 5.74) is 2.88. The molecule has 1 N–H and O–H groups in total. The quantitative estimate of drug-likeness (QED) is 0.266. The van der Waals surface area contributed by atoms with Gasteiger partial charge in [0.1, 0.15) is 12.1 Å². The van der Waals surface area contributed by atoms with Crippen LogP contribution in [-0.2, 0) is 22.6 Å². The van der Waals surface area contributed by atoms with Crippen molar-refractivity contribution < 1.29 is 9.53 Å². The Labute approximate surface area is 184 Å². The van der Waals surface area contributed by atoms with Crippen molar-refractivity contribution in [2.45, 2.75) is 51.0 Å². The van der Waals surface area contributed by atoms with Gasteiger partial charge in [-0.05, 0) is 51.5 Å². The van der Waals surface area contributed by atoms with Crippen LogP contribution in [0, 0.1) is 0 Å². The number of benzene rings is 2. The number of aryl methyl sites for hydroxylation is 1. The second-order valence-electron chi connectivity index (χ2n) is 8.36. The van der Waals surface area contributed by atoms with Crippen LogP contribution in [0.25, 0.3) is 22.1 Å².